The van der Waals surface area contributed by atoms with Crippen molar-refractivity contribution < 1.29 is 14.3 Å². The standard InChI is InChI=1S/C12H22N2O3/c1-2-17-12(15)10-3-4-13-11(9-10)14-5-7-16-8-6-14/h10-11,13H,2-9H2,1H3. The van der Waals surface area contributed by atoms with Crippen molar-refractivity contribution in [1.29, 1.82) is 0 Å². The Bertz CT molecular complexity index is 254. The second-order valence-electron chi connectivity index (χ2n) is 4.59. The molecule has 0 bridgehead atoms. The van der Waals surface area contributed by atoms with Gasteiger partial charge in [0.05, 0.1) is 31.9 Å². The minimum Gasteiger partial charge on any atom is -0.466 e. The molecule has 2 fully saturated rings. The molecule has 2 atom stereocenters. The van der Waals surface area contributed by atoms with Crippen molar-refractivity contribution in [3.05, 3.63) is 0 Å². The van der Waals surface area contributed by atoms with E-state index in [1.54, 1.807) is 0 Å². The monoisotopic (exact) mass is 242 g/mol. The molecule has 0 saturated carbocycles. The van der Waals surface area contributed by atoms with E-state index in [0.717, 1.165) is 45.7 Å². The van der Waals surface area contributed by atoms with Gasteiger partial charge in [-0.15, -0.1) is 0 Å². The van der Waals surface area contributed by atoms with Gasteiger partial charge in [0.1, 0.15) is 0 Å². The third-order valence-corrected chi connectivity index (χ3v) is 3.49. The molecule has 2 unspecified atom stereocenters. The van der Waals surface area contributed by atoms with Gasteiger partial charge in [-0.25, -0.2) is 0 Å². The normalized spacial score (nSPS) is 31.1. The number of morpholine rings is 1. The van der Waals surface area contributed by atoms with Crippen LogP contribution in [-0.4, -0.2) is 56.5 Å². The summed E-state index contributed by atoms with van der Waals surface area (Å²) in [4.78, 5) is 14.1. The molecular formula is C12H22N2O3. The first-order valence-corrected chi connectivity index (χ1v) is 6.53. The zero-order chi connectivity index (χ0) is 12.1. The number of hydrogen-bond donors (Lipinski definition) is 1. The fourth-order valence-corrected chi connectivity index (χ4v) is 2.54. The molecular weight excluding hydrogens is 220 g/mol. The van der Waals surface area contributed by atoms with Crippen LogP contribution in [0.2, 0.25) is 0 Å². The molecule has 0 aromatic carbocycles. The fourth-order valence-electron chi connectivity index (χ4n) is 2.54. The Hall–Kier alpha value is -0.650. The van der Waals surface area contributed by atoms with E-state index in [1.807, 2.05) is 6.92 Å². The van der Waals surface area contributed by atoms with Crippen LogP contribution in [0.15, 0.2) is 0 Å². The summed E-state index contributed by atoms with van der Waals surface area (Å²) in [6.07, 6.45) is 2.06. The summed E-state index contributed by atoms with van der Waals surface area (Å²) in [5.41, 5.74) is 0. The van der Waals surface area contributed by atoms with Gasteiger partial charge in [0.25, 0.3) is 0 Å². The second-order valence-corrected chi connectivity index (χ2v) is 4.59. The van der Waals surface area contributed by atoms with Crippen LogP contribution in [0, 0.1) is 5.92 Å². The van der Waals surface area contributed by atoms with Crippen LogP contribution in [0.1, 0.15) is 19.8 Å². The van der Waals surface area contributed by atoms with Crippen molar-refractivity contribution in [2.45, 2.75) is 25.9 Å². The van der Waals surface area contributed by atoms with Crippen LogP contribution in [0.25, 0.3) is 0 Å². The molecule has 2 aliphatic rings. The molecule has 5 heteroatoms. The van der Waals surface area contributed by atoms with E-state index < -0.39 is 0 Å². The van der Waals surface area contributed by atoms with Gasteiger partial charge in [-0.3, -0.25) is 9.69 Å². The number of hydrogen-bond acceptors (Lipinski definition) is 5. The molecule has 1 N–H and O–H groups in total. The van der Waals surface area contributed by atoms with Crippen LogP contribution < -0.4 is 5.32 Å². The maximum Gasteiger partial charge on any atom is 0.309 e. The van der Waals surface area contributed by atoms with Gasteiger partial charge < -0.3 is 14.8 Å². The molecule has 2 saturated heterocycles. The maximum absolute atomic E-state index is 11.7. The minimum absolute atomic E-state index is 0.0349. The number of rotatable bonds is 3. The Labute approximate surface area is 102 Å². The van der Waals surface area contributed by atoms with Crippen molar-refractivity contribution in [2.24, 2.45) is 5.92 Å². The summed E-state index contributed by atoms with van der Waals surface area (Å²) in [5, 5.41) is 3.48. The molecule has 5 nitrogen and oxygen atoms in total. The summed E-state index contributed by atoms with van der Waals surface area (Å²) < 4.78 is 10.4. The Morgan fingerprint density at radius 2 is 2.24 bits per heavy atom. The first kappa shape index (κ1) is 12.8. The van der Waals surface area contributed by atoms with E-state index in [9.17, 15) is 4.79 Å². The summed E-state index contributed by atoms with van der Waals surface area (Å²) in [6.45, 7) is 6.72. The highest BCUT2D eigenvalue weighted by atomic mass is 16.5. The lowest BCUT2D eigenvalue weighted by atomic mass is 9.95. The topological polar surface area (TPSA) is 50.8 Å². The van der Waals surface area contributed by atoms with Crippen LogP contribution in [-0.2, 0) is 14.3 Å². The lowest BCUT2D eigenvalue weighted by Crippen LogP contribution is -2.54. The zero-order valence-electron chi connectivity index (χ0n) is 10.5. The van der Waals surface area contributed by atoms with Gasteiger partial charge in [-0.2, -0.15) is 0 Å². The predicted molar refractivity (Wildman–Crippen MR) is 63.5 cm³/mol. The summed E-state index contributed by atoms with van der Waals surface area (Å²) in [6, 6.07) is 0. The van der Waals surface area contributed by atoms with Crippen LogP contribution >= 0.6 is 0 Å². The van der Waals surface area contributed by atoms with Gasteiger partial charge in [0.15, 0.2) is 0 Å². The quantitative estimate of drug-likeness (QED) is 0.717. The fraction of sp³-hybridized carbons (Fsp3) is 0.917. The second kappa shape index (κ2) is 6.33. The van der Waals surface area contributed by atoms with Gasteiger partial charge >= 0.3 is 5.97 Å². The Kier molecular flexibility index (Phi) is 4.76. The molecule has 0 aromatic rings. The highest BCUT2D eigenvalue weighted by Gasteiger charge is 2.31. The van der Waals surface area contributed by atoms with Gasteiger partial charge in [0, 0.05) is 13.1 Å². The first-order chi connectivity index (χ1) is 8.31. The number of carbonyl (C=O) groups is 1. The average Bonchev–Trinajstić information content (AvgIpc) is 2.40. The number of carbonyl (C=O) groups excluding carboxylic acids is 1. The van der Waals surface area contributed by atoms with Gasteiger partial charge in [-0.1, -0.05) is 0 Å². The molecule has 2 rings (SSSR count). The van der Waals surface area contributed by atoms with Gasteiger partial charge in [0.2, 0.25) is 0 Å². The number of nitrogens with zero attached hydrogens (tertiary/aromatic N) is 1. The molecule has 2 heterocycles. The third kappa shape index (κ3) is 3.40. The SMILES string of the molecule is CCOC(=O)C1CCNC(N2CCOCC2)C1. The Morgan fingerprint density at radius 3 is 2.94 bits per heavy atom. The molecule has 0 spiro atoms. The van der Waals surface area contributed by atoms with E-state index in [2.05, 4.69) is 10.2 Å². The largest absolute Gasteiger partial charge is 0.466 e. The zero-order valence-corrected chi connectivity index (χ0v) is 10.5. The number of ether oxygens (including phenoxy) is 2. The lowest BCUT2D eigenvalue weighted by molar-refractivity contribution is -0.150. The van der Waals surface area contributed by atoms with Crippen LogP contribution in [0.3, 0.4) is 0 Å². The smallest absolute Gasteiger partial charge is 0.309 e. The summed E-state index contributed by atoms with van der Waals surface area (Å²) >= 11 is 0. The average molecular weight is 242 g/mol. The third-order valence-electron chi connectivity index (χ3n) is 3.49. The van der Waals surface area contributed by atoms with Gasteiger partial charge in [-0.05, 0) is 26.3 Å². The van der Waals surface area contributed by atoms with E-state index in [0.29, 0.717) is 12.8 Å². The first-order valence-electron chi connectivity index (χ1n) is 6.53. The number of nitrogens with one attached hydrogen (secondary N) is 1. The van der Waals surface area contributed by atoms with Crippen molar-refractivity contribution in [3.8, 4) is 0 Å². The molecule has 0 aliphatic carbocycles. The molecule has 0 aromatic heterocycles. The van der Waals surface area contributed by atoms with Crippen LogP contribution in [0.5, 0.6) is 0 Å². The lowest BCUT2D eigenvalue weighted by Gasteiger charge is -2.39. The molecule has 0 amide bonds. The maximum atomic E-state index is 11.7. The Morgan fingerprint density at radius 1 is 1.47 bits per heavy atom. The number of esters is 1. The van der Waals surface area contributed by atoms with E-state index in [1.165, 1.54) is 0 Å². The van der Waals surface area contributed by atoms with Crippen molar-refractivity contribution in [2.75, 3.05) is 39.5 Å². The van der Waals surface area contributed by atoms with Crippen molar-refractivity contribution >= 4 is 5.97 Å². The van der Waals surface area contributed by atoms with Crippen molar-refractivity contribution in [3.63, 3.8) is 0 Å². The van der Waals surface area contributed by atoms with Crippen LogP contribution in [0.4, 0.5) is 0 Å². The Balaban J connectivity index is 1.85. The summed E-state index contributed by atoms with van der Waals surface area (Å²) in [5.74, 6) is 0.0244. The number of piperidine rings is 1. The van der Waals surface area contributed by atoms with Crippen molar-refractivity contribution in [1.82, 2.24) is 10.2 Å². The predicted octanol–water partition coefficient (Wildman–Crippen LogP) is 0.207. The summed E-state index contributed by atoms with van der Waals surface area (Å²) in [7, 11) is 0. The van der Waals surface area contributed by atoms with E-state index >= 15 is 0 Å². The molecule has 0 radical (unpaired) electrons. The highest BCUT2D eigenvalue weighted by Crippen LogP contribution is 2.20. The molecule has 2 aliphatic heterocycles. The molecule has 17 heavy (non-hydrogen) atoms. The van der Waals surface area contributed by atoms with E-state index in [4.69, 9.17) is 9.47 Å². The van der Waals surface area contributed by atoms with E-state index in [-0.39, 0.29) is 11.9 Å². The minimum atomic E-state index is -0.0349. The highest BCUT2D eigenvalue weighted by molar-refractivity contribution is 5.72. The molecule has 98 valence electrons.